The van der Waals surface area contributed by atoms with Gasteiger partial charge in [0.1, 0.15) is 11.6 Å². The number of pyridine rings is 2. The molecule has 1 atom stereocenters. The van der Waals surface area contributed by atoms with E-state index >= 15 is 0 Å². The minimum absolute atomic E-state index is 0.100. The Balaban J connectivity index is 1.70. The van der Waals surface area contributed by atoms with Crippen molar-refractivity contribution < 1.29 is 4.79 Å². The molecule has 0 aromatic carbocycles. The Hall–Kier alpha value is -3.35. The molecule has 1 amide bonds. The van der Waals surface area contributed by atoms with Crippen LogP contribution in [0, 0.1) is 0 Å². The number of hydrogen-bond donors (Lipinski definition) is 1. The van der Waals surface area contributed by atoms with Gasteiger partial charge >= 0.3 is 0 Å². The lowest BCUT2D eigenvalue weighted by Gasteiger charge is -2.31. The largest absolute Gasteiger partial charge is 0.342 e. The second-order valence-electron chi connectivity index (χ2n) is 6.90. The van der Waals surface area contributed by atoms with Gasteiger partial charge in [-0.25, -0.2) is 9.97 Å². The van der Waals surface area contributed by atoms with Gasteiger partial charge in [-0.2, -0.15) is 0 Å². The molecule has 3 aromatic heterocycles. The van der Waals surface area contributed by atoms with Gasteiger partial charge in [-0.1, -0.05) is 0 Å². The number of aromatic nitrogens is 4. The van der Waals surface area contributed by atoms with Crippen molar-refractivity contribution in [1.29, 1.82) is 0 Å². The van der Waals surface area contributed by atoms with E-state index in [1.54, 1.807) is 31.7 Å². The van der Waals surface area contributed by atoms with Crippen molar-refractivity contribution in [3.05, 3.63) is 60.9 Å². The highest BCUT2D eigenvalue weighted by atomic mass is 16.2. The first-order valence-electron chi connectivity index (χ1n) is 9.41. The quantitative estimate of drug-likeness (QED) is 0.753. The molecular weight excluding hydrogens is 352 g/mol. The molecule has 0 saturated carbocycles. The zero-order valence-electron chi connectivity index (χ0n) is 15.7. The summed E-state index contributed by atoms with van der Waals surface area (Å²) in [4.78, 5) is 31.6. The van der Waals surface area contributed by atoms with E-state index in [9.17, 15) is 4.79 Å². The Morgan fingerprint density at radius 3 is 2.75 bits per heavy atom. The van der Waals surface area contributed by atoms with Crippen LogP contribution in [0.4, 0.5) is 11.5 Å². The lowest BCUT2D eigenvalue weighted by Crippen LogP contribution is -2.38. The van der Waals surface area contributed by atoms with E-state index in [1.807, 2.05) is 35.2 Å². The lowest BCUT2D eigenvalue weighted by atomic mass is 9.97. The zero-order chi connectivity index (χ0) is 19.3. The van der Waals surface area contributed by atoms with Gasteiger partial charge in [-0.3, -0.25) is 14.8 Å². The fourth-order valence-corrected chi connectivity index (χ4v) is 3.43. The van der Waals surface area contributed by atoms with E-state index in [0.29, 0.717) is 6.54 Å². The van der Waals surface area contributed by atoms with E-state index in [2.05, 4.69) is 15.3 Å². The van der Waals surface area contributed by atoms with Gasteiger partial charge in [-0.05, 0) is 37.1 Å². The Kier molecular flexibility index (Phi) is 5.23. The highest BCUT2D eigenvalue weighted by Gasteiger charge is 2.25. The summed E-state index contributed by atoms with van der Waals surface area (Å²) in [5.74, 6) is 1.69. The van der Waals surface area contributed by atoms with E-state index in [0.717, 1.165) is 48.0 Å². The summed E-state index contributed by atoms with van der Waals surface area (Å²) in [6, 6.07) is 9.59. The van der Waals surface area contributed by atoms with Gasteiger partial charge in [0.25, 0.3) is 0 Å². The van der Waals surface area contributed by atoms with Gasteiger partial charge in [0, 0.05) is 68.0 Å². The van der Waals surface area contributed by atoms with Gasteiger partial charge < -0.3 is 10.2 Å². The van der Waals surface area contributed by atoms with Gasteiger partial charge in [-0.15, -0.1) is 0 Å². The maximum absolute atomic E-state index is 11.8. The Bertz CT molecular complexity index is 948. The van der Waals surface area contributed by atoms with E-state index in [-0.39, 0.29) is 11.8 Å². The smallest absolute Gasteiger partial charge is 0.219 e. The van der Waals surface area contributed by atoms with Crippen LogP contribution in [0.3, 0.4) is 0 Å². The van der Waals surface area contributed by atoms with E-state index < -0.39 is 0 Å². The van der Waals surface area contributed by atoms with Crippen LogP contribution in [0.15, 0.2) is 55.1 Å². The number of hydrogen-bond acceptors (Lipinski definition) is 6. The van der Waals surface area contributed by atoms with Crippen LogP contribution in [0.5, 0.6) is 0 Å². The summed E-state index contributed by atoms with van der Waals surface area (Å²) >= 11 is 0. The van der Waals surface area contributed by atoms with Crippen molar-refractivity contribution in [2.75, 3.05) is 18.4 Å². The predicted molar refractivity (Wildman–Crippen MR) is 107 cm³/mol. The number of anilines is 2. The third kappa shape index (κ3) is 4.14. The first kappa shape index (κ1) is 18.0. The van der Waals surface area contributed by atoms with Crippen LogP contribution in [0.1, 0.15) is 31.5 Å². The van der Waals surface area contributed by atoms with Crippen LogP contribution < -0.4 is 5.32 Å². The summed E-state index contributed by atoms with van der Waals surface area (Å²) in [5, 5.41) is 3.34. The molecular formula is C21H22N6O. The summed E-state index contributed by atoms with van der Waals surface area (Å²) in [6.45, 7) is 3.07. The lowest BCUT2D eigenvalue weighted by molar-refractivity contribution is -0.130. The van der Waals surface area contributed by atoms with Crippen molar-refractivity contribution in [1.82, 2.24) is 24.8 Å². The molecule has 7 nitrogen and oxygen atoms in total. The molecule has 1 saturated heterocycles. The fraction of sp³-hybridized carbons (Fsp3) is 0.286. The minimum Gasteiger partial charge on any atom is -0.342 e. The SMILES string of the molecule is CC(=O)N1CCCC(c2nc(Nc3ccncc3)cc(-c3cccnc3)n2)C1. The molecule has 7 heteroatoms. The van der Waals surface area contributed by atoms with E-state index in [4.69, 9.17) is 9.97 Å². The number of nitrogens with one attached hydrogen (secondary N) is 1. The number of nitrogens with zero attached hydrogens (tertiary/aromatic N) is 5. The number of carbonyl (C=O) groups is 1. The Morgan fingerprint density at radius 1 is 1.14 bits per heavy atom. The molecule has 1 N–H and O–H groups in total. The molecule has 1 fully saturated rings. The molecule has 1 unspecified atom stereocenters. The van der Waals surface area contributed by atoms with Gasteiger partial charge in [0.2, 0.25) is 5.91 Å². The number of likely N-dealkylation sites (tertiary alicyclic amines) is 1. The number of carbonyl (C=O) groups excluding carboxylic acids is 1. The maximum atomic E-state index is 11.8. The molecule has 4 rings (SSSR count). The topological polar surface area (TPSA) is 83.9 Å². The Morgan fingerprint density at radius 2 is 2.00 bits per heavy atom. The molecule has 0 bridgehead atoms. The summed E-state index contributed by atoms with van der Waals surface area (Å²) in [7, 11) is 0. The number of amides is 1. The number of piperidine rings is 1. The van der Waals surface area contributed by atoms with Gasteiger partial charge in [0.05, 0.1) is 5.69 Å². The van der Waals surface area contributed by atoms with Crippen LogP contribution in [0.25, 0.3) is 11.3 Å². The first-order chi connectivity index (χ1) is 13.7. The maximum Gasteiger partial charge on any atom is 0.219 e. The number of rotatable bonds is 4. The van der Waals surface area contributed by atoms with Crippen molar-refractivity contribution in [3.63, 3.8) is 0 Å². The average Bonchev–Trinajstić information content (AvgIpc) is 2.75. The average molecular weight is 374 g/mol. The van der Waals surface area contributed by atoms with Crippen LogP contribution in [-0.4, -0.2) is 43.8 Å². The second-order valence-corrected chi connectivity index (χ2v) is 6.90. The molecule has 28 heavy (non-hydrogen) atoms. The molecule has 0 spiro atoms. The minimum atomic E-state index is 0.100. The van der Waals surface area contributed by atoms with Crippen molar-refractivity contribution >= 4 is 17.4 Å². The molecule has 3 aromatic rings. The molecule has 1 aliphatic heterocycles. The summed E-state index contributed by atoms with van der Waals surface area (Å²) in [6.07, 6.45) is 8.93. The van der Waals surface area contributed by atoms with Gasteiger partial charge in [0.15, 0.2) is 0 Å². The standard InChI is InChI=1S/C21H22N6O/c1-15(28)27-11-3-5-17(14-27)21-25-19(16-4-2-8-23-13-16)12-20(26-21)24-18-6-9-22-10-7-18/h2,4,6-10,12-13,17H,3,5,11,14H2,1H3,(H,22,24,25,26). The monoisotopic (exact) mass is 374 g/mol. The third-order valence-corrected chi connectivity index (χ3v) is 4.89. The molecule has 142 valence electrons. The Labute approximate surface area is 163 Å². The van der Waals surface area contributed by atoms with Crippen LogP contribution >= 0.6 is 0 Å². The molecule has 0 radical (unpaired) electrons. The van der Waals surface area contributed by atoms with Crippen LogP contribution in [-0.2, 0) is 4.79 Å². The van der Waals surface area contributed by atoms with Crippen molar-refractivity contribution in [2.45, 2.75) is 25.7 Å². The highest BCUT2D eigenvalue weighted by Crippen LogP contribution is 2.29. The fourth-order valence-electron chi connectivity index (χ4n) is 3.43. The normalized spacial score (nSPS) is 16.6. The van der Waals surface area contributed by atoms with Crippen LogP contribution in [0.2, 0.25) is 0 Å². The molecule has 1 aliphatic rings. The summed E-state index contributed by atoms with van der Waals surface area (Å²) < 4.78 is 0. The first-order valence-corrected chi connectivity index (χ1v) is 9.41. The summed E-state index contributed by atoms with van der Waals surface area (Å²) in [5.41, 5.74) is 2.66. The molecule has 0 aliphatic carbocycles. The highest BCUT2D eigenvalue weighted by molar-refractivity contribution is 5.73. The third-order valence-electron chi connectivity index (χ3n) is 4.89. The predicted octanol–water partition coefficient (Wildman–Crippen LogP) is 3.40. The van der Waals surface area contributed by atoms with Crippen molar-refractivity contribution in [2.24, 2.45) is 0 Å². The molecule has 4 heterocycles. The second kappa shape index (κ2) is 8.12. The zero-order valence-corrected chi connectivity index (χ0v) is 15.7. The van der Waals surface area contributed by atoms with E-state index in [1.165, 1.54) is 0 Å². The van der Waals surface area contributed by atoms with Crippen molar-refractivity contribution in [3.8, 4) is 11.3 Å².